The molecule has 2 N–H and O–H groups in total. The van der Waals surface area contributed by atoms with Crippen molar-refractivity contribution in [1.82, 2.24) is 9.80 Å². The predicted octanol–water partition coefficient (Wildman–Crippen LogP) is 5.10. The Kier molecular flexibility index (Phi) is 6.74. The molecular weight excluding hydrogens is 480 g/mol. The monoisotopic (exact) mass is 524 g/mol. The van der Waals surface area contributed by atoms with Crippen LogP contribution in [0.1, 0.15) is 83.1 Å². The van der Waals surface area contributed by atoms with Crippen molar-refractivity contribution in [3.8, 4) is 0 Å². The molecule has 6 rings (SSSR count). The van der Waals surface area contributed by atoms with E-state index < -0.39 is 6.09 Å². The lowest BCUT2D eigenvalue weighted by molar-refractivity contribution is -0.0707. The van der Waals surface area contributed by atoms with Gasteiger partial charge in [0.05, 0.1) is 12.4 Å². The number of allylic oxidation sites excluding steroid dienone is 2. The van der Waals surface area contributed by atoms with Gasteiger partial charge in [0.25, 0.3) is 0 Å². The summed E-state index contributed by atoms with van der Waals surface area (Å²) in [5.41, 5.74) is 2.90. The van der Waals surface area contributed by atoms with Crippen molar-refractivity contribution in [3.05, 3.63) is 46.0 Å². The first-order chi connectivity index (χ1) is 18.2. The topological polar surface area (TPSA) is 94.2 Å². The molecule has 1 amide bonds. The van der Waals surface area contributed by atoms with Crippen molar-refractivity contribution >= 4 is 6.09 Å². The van der Waals surface area contributed by atoms with Crippen molar-refractivity contribution < 1.29 is 19.4 Å². The average Bonchev–Trinajstić information content (AvgIpc) is 3.47. The minimum absolute atomic E-state index is 0.103. The Morgan fingerprint density at radius 3 is 2.71 bits per heavy atom. The van der Waals surface area contributed by atoms with E-state index in [1.807, 2.05) is 6.07 Å². The van der Waals surface area contributed by atoms with E-state index >= 15 is 0 Å². The minimum atomic E-state index is -0.792. The molecule has 208 valence electrons. The summed E-state index contributed by atoms with van der Waals surface area (Å²) < 4.78 is 5.25. The van der Waals surface area contributed by atoms with Crippen LogP contribution in [0.25, 0.3) is 0 Å². The van der Waals surface area contributed by atoms with E-state index in [1.165, 1.54) is 25.7 Å². The van der Waals surface area contributed by atoms with Crippen LogP contribution in [0.2, 0.25) is 0 Å². The number of fused-ring (bicyclic) bond motifs is 5. The SMILES string of the molecule is C[C@]12CC[C@H](N(CCN3CC[C@@H](O)C3)C(=O)O)C[C@H]1CC[C@H]1C3=CC[C@H](c4ccc(=O)oc4)[C@@]3(C)CC[C@@H]12. The maximum Gasteiger partial charge on any atom is 0.407 e. The Bertz CT molecular complexity index is 1130. The number of amides is 1. The summed E-state index contributed by atoms with van der Waals surface area (Å²) in [4.78, 5) is 27.7. The largest absolute Gasteiger partial charge is 0.465 e. The average molecular weight is 525 g/mol. The minimum Gasteiger partial charge on any atom is -0.465 e. The first-order valence-corrected chi connectivity index (χ1v) is 14.9. The lowest BCUT2D eigenvalue weighted by Crippen LogP contribution is -2.55. The highest BCUT2D eigenvalue weighted by Crippen LogP contribution is 2.67. The normalized spacial score (nSPS) is 40.7. The van der Waals surface area contributed by atoms with Crippen molar-refractivity contribution in [2.24, 2.45) is 28.6 Å². The van der Waals surface area contributed by atoms with Crippen molar-refractivity contribution in [2.75, 3.05) is 26.2 Å². The second-order valence-corrected chi connectivity index (χ2v) is 13.4. The van der Waals surface area contributed by atoms with Crippen LogP contribution in [0.15, 0.2) is 39.3 Å². The number of aliphatic hydroxyl groups excluding tert-OH is 1. The molecule has 0 spiro atoms. The summed E-state index contributed by atoms with van der Waals surface area (Å²) in [7, 11) is 0. The Morgan fingerprint density at radius 1 is 1.16 bits per heavy atom. The molecule has 0 bridgehead atoms. The first kappa shape index (κ1) is 26.1. The molecule has 1 aromatic rings. The highest BCUT2D eigenvalue weighted by atomic mass is 16.4. The van der Waals surface area contributed by atoms with Crippen LogP contribution >= 0.6 is 0 Å². The van der Waals surface area contributed by atoms with Crippen LogP contribution in [0.5, 0.6) is 0 Å². The highest BCUT2D eigenvalue weighted by Gasteiger charge is 2.58. The van der Waals surface area contributed by atoms with Gasteiger partial charge in [0, 0.05) is 38.3 Å². The molecule has 0 radical (unpaired) electrons. The van der Waals surface area contributed by atoms with E-state index in [0.717, 1.165) is 44.2 Å². The third-order valence-electron chi connectivity index (χ3n) is 11.8. The summed E-state index contributed by atoms with van der Waals surface area (Å²) in [6.07, 6.45) is 12.8. The van der Waals surface area contributed by atoms with E-state index in [2.05, 4.69) is 24.8 Å². The standard InChI is InChI=1S/C31H44N2O5/c1-30-12-9-22(33(29(36)37)16-15-32-14-11-23(34)18-32)17-21(30)4-5-24-26-7-6-25(20-3-8-28(35)38-19-20)31(26,2)13-10-27(24)30/h3,7-8,19,21-25,27,34H,4-6,9-18H2,1-2H3,(H,36,37)/t21-,22+,23-,24+,25-,27+,30+,31-/m1/s1. The zero-order valence-corrected chi connectivity index (χ0v) is 23.0. The molecule has 2 heterocycles. The maximum absolute atomic E-state index is 12.3. The number of likely N-dealkylation sites (tertiary alicyclic amines) is 1. The van der Waals surface area contributed by atoms with Crippen molar-refractivity contribution in [1.29, 1.82) is 0 Å². The summed E-state index contributed by atoms with van der Waals surface area (Å²) in [5.74, 6) is 2.23. The van der Waals surface area contributed by atoms with Crippen LogP contribution < -0.4 is 5.63 Å². The van der Waals surface area contributed by atoms with E-state index in [0.29, 0.717) is 43.3 Å². The second-order valence-electron chi connectivity index (χ2n) is 13.4. The molecule has 1 aliphatic heterocycles. The molecule has 1 aromatic heterocycles. The van der Waals surface area contributed by atoms with Crippen LogP contribution in [0.3, 0.4) is 0 Å². The number of nitrogens with zero attached hydrogens (tertiary/aromatic N) is 2. The van der Waals surface area contributed by atoms with Gasteiger partial charge in [0.15, 0.2) is 0 Å². The number of carboxylic acid groups (broad SMARTS) is 1. The molecule has 1 saturated heterocycles. The van der Waals surface area contributed by atoms with Crippen LogP contribution in [0, 0.1) is 28.6 Å². The number of rotatable bonds is 5. The van der Waals surface area contributed by atoms with Crippen molar-refractivity contribution in [2.45, 2.75) is 89.7 Å². The van der Waals surface area contributed by atoms with E-state index in [1.54, 1.807) is 22.8 Å². The summed E-state index contributed by atoms with van der Waals surface area (Å²) >= 11 is 0. The number of hydrogen-bond acceptors (Lipinski definition) is 5. The predicted molar refractivity (Wildman–Crippen MR) is 145 cm³/mol. The summed E-state index contributed by atoms with van der Waals surface area (Å²) in [6.45, 7) is 7.73. The first-order valence-electron chi connectivity index (χ1n) is 14.9. The molecule has 8 atom stereocenters. The molecule has 38 heavy (non-hydrogen) atoms. The Hall–Kier alpha value is -2.12. The zero-order chi connectivity index (χ0) is 26.7. The highest BCUT2D eigenvalue weighted by molar-refractivity contribution is 5.65. The van der Waals surface area contributed by atoms with Crippen LogP contribution in [-0.4, -0.2) is 64.4 Å². The number of carbonyl (C=O) groups is 1. The number of aliphatic hydroxyl groups is 1. The molecule has 5 aliphatic rings. The van der Waals surface area contributed by atoms with Gasteiger partial charge in [-0.3, -0.25) is 4.90 Å². The molecule has 4 fully saturated rings. The lowest BCUT2D eigenvalue weighted by atomic mass is 9.45. The lowest BCUT2D eigenvalue weighted by Gasteiger charge is -2.60. The van der Waals surface area contributed by atoms with Gasteiger partial charge in [0.2, 0.25) is 0 Å². The molecule has 4 aliphatic carbocycles. The van der Waals surface area contributed by atoms with Gasteiger partial charge in [0.1, 0.15) is 0 Å². The fourth-order valence-electron chi connectivity index (χ4n) is 9.62. The third kappa shape index (κ3) is 4.34. The molecular formula is C31H44N2O5. The van der Waals surface area contributed by atoms with Gasteiger partial charge >= 0.3 is 11.7 Å². The summed E-state index contributed by atoms with van der Waals surface area (Å²) in [5, 5.41) is 19.9. The Labute approximate surface area is 225 Å². The zero-order valence-electron chi connectivity index (χ0n) is 23.0. The van der Waals surface area contributed by atoms with Gasteiger partial charge in [-0.2, -0.15) is 0 Å². The number of β-amino-alcohol motifs (C(OH)–C–C–N with tert-alkyl or cyclic N) is 1. The quantitative estimate of drug-likeness (QED) is 0.521. The smallest absolute Gasteiger partial charge is 0.407 e. The summed E-state index contributed by atoms with van der Waals surface area (Å²) in [6, 6.07) is 3.62. The Balaban J connectivity index is 1.14. The van der Waals surface area contributed by atoms with Gasteiger partial charge in [-0.05, 0) is 104 Å². The van der Waals surface area contributed by atoms with Gasteiger partial charge < -0.3 is 19.5 Å². The van der Waals surface area contributed by atoms with Gasteiger partial charge in [-0.1, -0.05) is 25.5 Å². The fraction of sp³-hybridized carbons (Fsp3) is 0.742. The van der Waals surface area contributed by atoms with E-state index in [9.17, 15) is 19.8 Å². The molecule has 7 heteroatoms. The van der Waals surface area contributed by atoms with Crippen LogP contribution in [-0.2, 0) is 0 Å². The molecule has 0 aromatic carbocycles. The van der Waals surface area contributed by atoms with Gasteiger partial charge in [-0.15, -0.1) is 0 Å². The number of hydrogen-bond donors (Lipinski definition) is 2. The molecule has 7 nitrogen and oxygen atoms in total. The molecule has 3 saturated carbocycles. The maximum atomic E-state index is 12.3. The van der Waals surface area contributed by atoms with E-state index in [-0.39, 0.29) is 28.6 Å². The van der Waals surface area contributed by atoms with Gasteiger partial charge in [-0.25, -0.2) is 9.59 Å². The van der Waals surface area contributed by atoms with E-state index in [4.69, 9.17) is 4.42 Å². The van der Waals surface area contributed by atoms with Crippen LogP contribution in [0.4, 0.5) is 4.79 Å². The second kappa shape index (κ2) is 9.81. The Morgan fingerprint density at radius 2 is 2.00 bits per heavy atom. The van der Waals surface area contributed by atoms with Crippen molar-refractivity contribution in [3.63, 3.8) is 0 Å². The fourth-order valence-corrected chi connectivity index (χ4v) is 9.62. The molecule has 0 unspecified atom stereocenters. The third-order valence-corrected chi connectivity index (χ3v) is 11.8.